The van der Waals surface area contributed by atoms with Gasteiger partial charge in [-0.3, -0.25) is 9.69 Å². The highest BCUT2D eigenvalue weighted by Crippen LogP contribution is 2.34. The molecule has 1 amide bonds. The number of aromatic nitrogens is 2. The van der Waals surface area contributed by atoms with Crippen LogP contribution < -0.4 is 4.74 Å². The van der Waals surface area contributed by atoms with Gasteiger partial charge in [-0.2, -0.15) is 5.10 Å². The van der Waals surface area contributed by atoms with E-state index in [9.17, 15) is 13.6 Å². The topological polar surface area (TPSA) is 50.6 Å². The molecule has 0 saturated carbocycles. The number of halogens is 2. The first-order valence-electron chi connectivity index (χ1n) is 9.16. The van der Waals surface area contributed by atoms with E-state index >= 15 is 0 Å². The molecule has 3 heterocycles. The van der Waals surface area contributed by atoms with Crippen LogP contribution in [0.4, 0.5) is 8.78 Å². The molecule has 8 heteroatoms. The Hall–Kier alpha value is -2.48. The molecule has 0 N–H and O–H groups in total. The molecule has 2 fully saturated rings. The largest absolute Gasteiger partial charge is 0.490 e. The van der Waals surface area contributed by atoms with Crippen molar-refractivity contribution < 1.29 is 18.3 Å². The summed E-state index contributed by atoms with van der Waals surface area (Å²) in [5, 5.41) is 4.43. The van der Waals surface area contributed by atoms with Crippen molar-refractivity contribution in [2.45, 2.75) is 25.3 Å². The normalized spacial score (nSPS) is 21.9. The fraction of sp³-hybridized carbons (Fsp3) is 0.474. The second kappa shape index (κ2) is 6.92. The van der Waals surface area contributed by atoms with Crippen molar-refractivity contribution in [3.8, 4) is 11.4 Å². The molecule has 2 aliphatic heterocycles. The van der Waals surface area contributed by atoms with Crippen LogP contribution in [0, 0.1) is 0 Å². The highest BCUT2D eigenvalue weighted by molar-refractivity contribution is 5.95. The van der Waals surface area contributed by atoms with Crippen molar-refractivity contribution in [3.05, 3.63) is 42.2 Å². The monoisotopic (exact) mass is 376 g/mol. The Morgan fingerprint density at radius 1 is 1.30 bits per heavy atom. The molecule has 1 aromatic heterocycles. The number of carbonyl (C=O) groups is 1. The van der Waals surface area contributed by atoms with E-state index < -0.39 is 5.92 Å². The van der Waals surface area contributed by atoms with Crippen molar-refractivity contribution in [2.24, 2.45) is 0 Å². The summed E-state index contributed by atoms with van der Waals surface area (Å²) in [6.45, 7) is 3.19. The van der Waals surface area contributed by atoms with Gasteiger partial charge in [0.15, 0.2) is 11.4 Å². The molecule has 0 radical (unpaired) electrons. The average molecular weight is 376 g/mol. The first-order valence-corrected chi connectivity index (χ1v) is 9.16. The Balaban J connectivity index is 1.57. The molecule has 0 unspecified atom stereocenters. The second-order valence-corrected chi connectivity index (χ2v) is 6.99. The van der Waals surface area contributed by atoms with Crippen molar-refractivity contribution in [1.29, 1.82) is 0 Å². The van der Waals surface area contributed by atoms with E-state index in [-0.39, 0.29) is 37.2 Å². The Bertz CT molecular complexity index is 824. The summed E-state index contributed by atoms with van der Waals surface area (Å²) in [7, 11) is 0. The van der Waals surface area contributed by atoms with Gasteiger partial charge in [0.05, 0.1) is 25.0 Å². The van der Waals surface area contributed by atoms with Gasteiger partial charge in [-0.1, -0.05) is 18.2 Å². The van der Waals surface area contributed by atoms with E-state index in [1.54, 1.807) is 20.7 Å². The van der Waals surface area contributed by atoms with E-state index in [0.717, 1.165) is 5.69 Å². The molecule has 6 nitrogen and oxygen atoms in total. The molecule has 0 aliphatic carbocycles. The second-order valence-electron chi connectivity index (χ2n) is 6.99. The van der Waals surface area contributed by atoms with Crippen LogP contribution in [0.3, 0.4) is 0 Å². The van der Waals surface area contributed by atoms with Gasteiger partial charge in [-0.25, -0.2) is 13.5 Å². The molecular formula is C19H22F2N4O2. The average Bonchev–Trinajstić information content (AvgIpc) is 3.20. The number of amides is 1. The van der Waals surface area contributed by atoms with Crippen LogP contribution in [0.25, 0.3) is 5.69 Å². The minimum Gasteiger partial charge on any atom is -0.490 e. The van der Waals surface area contributed by atoms with Gasteiger partial charge in [0, 0.05) is 32.1 Å². The molecule has 27 heavy (non-hydrogen) atoms. The smallest absolute Gasteiger partial charge is 0.278 e. The standard InChI is InChI=1S/C19H22F2N4O2/c1-2-27-16-12-25(14-6-4-3-5-7-14)22-17(16)18(26)23-8-9-24-13-19(20,21)10-15(24)11-23/h3-7,12,15H,2,8-11,13H2,1H3/t15-/m0/s1. The minimum absolute atomic E-state index is 0.201. The van der Waals surface area contributed by atoms with E-state index in [4.69, 9.17) is 4.74 Å². The number of alkyl halides is 2. The molecule has 2 aliphatic rings. The number of benzene rings is 1. The number of para-hydroxylation sites is 1. The lowest BCUT2D eigenvalue weighted by molar-refractivity contribution is 0.0121. The molecule has 0 bridgehead atoms. The quantitative estimate of drug-likeness (QED) is 0.823. The zero-order valence-electron chi connectivity index (χ0n) is 15.1. The third kappa shape index (κ3) is 3.53. The predicted molar refractivity (Wildman–Crippen MR) is 95.6 cm³/mol. The zero-order chi connectivity index (χ0) is 19.0. The third-order valence-electron chi connectivity index (χ3n) is 5.06. The highest BCUT2D eigenvalue weighted by atomic mass is 19.3. The van der Waals surface area contributed by atoms with E-state index in [1.807, 2.05) is 37.3 Å². The number of piperazine rings is 1. The first kappa shape index (κ1) is 17.9. The minimum atomic E-state index is -2.67. The maximum absolute atomic E-state index is 13.7. The lowest BCUT2D eigenvalue weighted by atomic mass is 10.1. The van der Waals surface area contributed by atoms with Gasteiger partial charge in [0.1, 0.15) is 0 Å². The number of ether oxygens (including phenoxy) is 1. The van der Waals surface area contributed by atoms with Crippen LogP contribution in [0.15, 0.2) is 36.5 Å². The van der Waals surface area contributed by atoms with Crippen molar-refractivity contribution in [2.75, 3.05) is 32.8 Å². The molecular weight excluding hydrogens is 354 g/mol. The zero-order valence-corrected chi connectivity index (χ0v) is 15.1. The Morgan fingerprint density at radius 2 is 2.07 bits per heavy atom. The van der Waals surface area contributed by atoms with Crippen molar-refractivity contribution in [1.82, 2.24) is 19.6 Å². The molecule has 1 aromatic carbocycles. The third-order valence-corrected chi connectivity index (χ3v) is 5.06. The number of fused-ring (bicyclic) bond motifs is 1. The Labute approximate surface area is 156 Å². The maximum atomic E-state index is 13.7. The van der Waals surface area contributed by atoms with Crippen LogP contribution in [0.1, 0.15) is 23.8 Å². The molecule has 0 spiro atoms. The van der Waals surface area contributed by atoms with Crippen LogP contribution in [-0.2, 0) is 0 Å². The van der Waals surface area contributed by atoms with Gasteiger partial charge in [0.25, 0.3) is 11.8 Å². The van der Waals surface area contributed by atoms with Crippen molar-refractivity contribution in [3.63, 3.8) is 0 Å². The molecule has 2 aromatic rings. The van der Waals surface area contributed by atoms with Gasteiger partial charge in [-0.05, 0) is 19.1 Å². The summed E-state index contributed by atoms with van der Waals surface area (Å²) >= 11 is 0. The summed E-state index contributed by atoms with van der Waals surface area (Å²) in [5.41, 5.74) is 1.04. The number of carbonyl (C=O) groups excluding carboxylic acids is 1. The molecule has 1 atom stereocenters. The fourth-order valence-corrected chi connectivity index (χ4v) is 3.82. The summed E-state index contributed by atoms with van der Waals surface area (Å²) in [6, 6.07) is 9.15. The molecule has 4 rings (SSSR count). The number of nitrogens with zero attached hydrogens (tertiary/aromatic N) is 4. The first-order chi connectivity index (χ1) is 13.0. The van der Waals surface area contributed by atoms with Gasteiger partial charge < -0.3 is 9.64 Å². The molecule has 144 valence electrons. The van der Waals surface area contributed by atoms with Crippen molar-refractivity contribution >= 4 is 5.91 Å². The van der Waals surface area contributed by atoms with Crippen LogP contribution in [-0.4, -0.2) is 70.2 Å². The number of hydrogen-bond acceptors (Lipinski definition) is 4. The summed E-state index contributed by atoms with van der Waals surface area (Å²) in [5.74, 6) is -2.54. The lowest BCUT2D eigenvalue weighted by Gasteiger charge is -2.36. The SMILES string of the molecule is CCOc1cn(-c2ccccc2)nc1C(=O)N1CCN2CC(F)(F)C[C@H]2C1. The fourth-order valence-electron chi connectivity index (χ4n) is 3.82. The highest BCUT2D eigenvalue weighted by Gasteiger charge is 2.47. The summed E-state index contributed by atoms with van der Waals surface area (Å²) < 4.78 is 34.6. The Kier molecular flexibility index (Phi) is 4.59. The van der Waals surface area contributed by atoms with Gasteiger partial charge in [-0.15, -0.1) is 0 Å². The van der Waals surface area contributed by atoms with E-state index in [1.165, 1.54) is 0 Å². The summed E-state index contributed by atoms with van der Waals surface area (Å²) in [6.07, 6.45) is 1.49. The number of rotatable bonds is 4. The van der Waals surface area contributed by atoms with Crippen LogP contribution in [0.2, 0.25) is 0 Å². The van der Waals surface area contributed by atoms with Gasteiger partial charge >= 0.3 is 0 Å². The van der Waals surface area contributed by atoms with Gasteiger partial charge in [0.2, 0.25) is 0 Å². The number of hydrogen-bond donors (Lipinski definition) is 0. The van der Waals surface area contributed by atoms with Crippen LogP contribution >= 0.6 is 0 Å². The lowest BCUT2D eigenvalue weighted by Crippen LogP contribution is -2.52. The van der Waals surface area contributed by atoms with Crippen LogP contribution in [0.5, 0.6) is 5.75 Å². The Morgan fingerprint density at radius 3 is 2.81 bits per heavy atom. The molecule has 2 saturated heterocycles. The van der Waals surface area contributed by atoms with E-state index in [2.05, 4.69) is 5.10 Å². The van der Waals surface area contributed by atoms with E-state index in [0.29, 0.717) is 25.4 Å². The predicted octanol–water partition coefficient (Wildman–Crippen LogP) is 2.44. The summed E-state index contributed by atoms with van der Waals surface area (Å²) in [4.78, 5) is 16.4. The maximum Gasteiger partial charge on any atom is 0.278 e.